The highest BCUT2D eigenvalue weighted by atomic mass is 15.1. The summed E-state index contributed by atoms with van der Waals surface area (Å²) in [5.41, 5.74) is 7.02. The minimum atomic E-state index is -0.124. The first kappa shape index (κ1) is 10.3. The highest BCUT2D eigenvalue weighted by molar-refractivity contribution is 5.03. The SMILES string of the molecule is CN(Cc1ccc[nH]1)CC(C)(C)N. The van der Waals surface area contributed by atoms with E-state index in [0.29, 0.717) is 0 Å². The summed E-state index contributed by atoms with van der Waals surface area (Å²) >= 11 is 0. The minimum absolute atomic E-state index is 0.124. The van der Waals surface area contributed by atoms with Crippen LogP contribution in [0.2, 0.25) is 0 Å². The van der Waals surface area contributed by atoms with E-state index in [1.165, 1.54) is 5.69 Å². The molecule has 0 unspecified atom stereocenters. The third-order valence-corrected chi connectivity index (χ3v) is 1.78. The number of rotatable bonds is 4. The molecule has 0 spiro atoms. The molecular formula is C10H19N3. The lowest BCUT2D eigenvalue weighted by Crippen LogP contribution is -2.43. The predicted octanol–water partition coefficient (Wildman–Crippen LogP) is 1.18. The molecule has 0 saturated heterocycles. The van der Waals surface area contributed by atoms with Gasteiger partial charge in [0, 0.05) is 30.5 Å². The maximum absolute atomic E-state index is 5.91. The Bertz CT molecular complexity index is 233. The fourth-order valence-electron chi connectivity index (χ4n) is 1.51. The van der Waals surface area contributed by atoms with Crippen LogP contribution in [0.1, 0.15) is 19.5 Å². The van der Waals surface area contributed by atoms with Gasteiger partial charge in [-0.25, -0.2) is 0 Å². The van der Waals surface area contributed by atoms with Crippen LogP contribution in [0.15, 0.2) is 18.3 Å². The van der Waals surface area contributed by atoms with Crippen molar-refractivity contribution in [1.29, 1.82) is 0 Å². The van der Waals surface area contributed by atoms with Gasteiger partial charge in [-0.2, -0.15) is 0 Å². The number of nitrogens with one attached hydrogen (secondary N) is 1. The van der Waals surface area contributed by atoms with Gasteiger partial charge < -0.3 is 10.7 Å². The summed E-state index contributed by atoms with van der Waals surface area (Å²) in [6, 6.07) is 4.09. The summed E-state index contributed by atoms with van der Waals surface area (Å²) in [7, 11) is 2.08. The molecule has 0 atom stereocenters. The monoisotopic (exact) mass is 181 g/mol. The van der Waals surface area contributed by atoms with Gasteiger partial charge in [0.25, 0.3) is 0 Å². The standard InChI is InChI=1S/C10H19N3/c1-10(2,11)8-13(3)7-9-5-4-6-12-9/h4-6,12H,7-8,11H2,1-3H3. The van der Waals surface area contributed by atoms with E-state index in [-0.39, 0.29) is 5.54 Å². The largest absolute Gasteiger partial charge is 0.364 e. The predicted molar refractivity (Wildman–Crippen MR) is 55.4 cm³/mol. The smallest absolute Gasteiger partial charge is 0.0382 e. The fraction of sp³-hybridized carbons (Fsp3) is 0.600. The van der Waals surface area contributed by atoms with Crippen LogP contribution >= 0.6 is 0 Å². The second-order valence-electron chi connectivity index (χ2n) is 4.36. The van der Waals surface area contributed by atoms with Crippen molar-refractivity contribution in [2.75, 3.05) is 13.6 Å². The van der Waals surface area contributed by atoms with Gasteiger partial charge in [0.2, 0.25) is 0 Å². The molecule has 0 saturated carbocycles. The number of hydrogen-bond acceptors (Lipinski definition) is 2. The van der Waals surface area contributed by atoms with Gasteiger partial charge in [0.15, 0.2) is 0 Å². The van der Waals surface area contributed by atoms with Crippen LogP contribution in [0.4, 0.5) is 0 Å². The first-order valence-electron chi connectivity index (χ1n) is 4.57. The lowest BCUT2D eigenvalue weighted by Gasteiger charge is -2.25. The first-order valence-corrected chi connectivity index (χ1v) is 4.57. The normalized spacial score (nSPS) is 12.4. The number of nitrogens with zero attached hydrogens (tertiary/aromatic N) is 1. The van der Waals surface area contributed by atoms with Gasteiger partial charge in [0.05, 0.1) is 0 Å². The second kappa shape index (κ2) is 3.94. The number of likely N-dealkylation sites (N-methyl/N-ethyl adjacent to an activating group) is 1. The Labute approximate surface area is 79.9 Å². The molecular weight excluding hydrogens is 162 g/mol. The number of aromatic amines is 1. The highest BCUT2D eigenvalue weighted by Gasteiger charge is 2.13. The van der Waals surface area contributed by atoms with Gasteiger partial charge >= 0.3 is 0 Å². The van der Waals surface area contributed by atoms with Gasteiger partial charge in [-0.3, -0.25) is 4.90 Å². The van der Waals surface area contributed by atoms with Gasteiger partial charge in [0.1, 0.15) is 0 Å². The zero-order chi connectivity index (χ0) is 9.90. The number of hydrogen-bond donors (Lipinski definition) is 2. The summed E-state index contributed by atoms with van der Waals surface area (Å²) in [6.07, 6.45) is 1.94. The number of aromatic nitrogens is 1. The van der Waals surface area contributed by atoms with Gasteiger partial charge in [-0.1, -0.05) is 0 Å². The lowest BCUT2D eigenvalue weighted by molar-refractivity contribution is 0.261. The highest BCUT2D eigenvalue weighted by Crippen LogP contribution is 2.04. The van der Waals surface area contributed by atoms with Crippen LogP contribution in [0.25, 0.3) is 0 Å². The summed E-state index contributed by atoms with van der Waals surface area (Å²) < 4.78 is 0. The van der Waals surface area contributed by atoms with Crippen molar-refractivity contribution in [2.24, 2.45) is 5.73 Å². The van der Waals surface area contributed by atoms with Crippen LogP contribution in [0.3, 0.4) is 0 Å². The molecule has 13 heavy (non-hydrogen) atoms. The molecule has 0 amide bonds. The van der Waals surface area contributed by atoms with Crippen molar-refractivity contribution in [3.05, 3.63) is 24.0 Å². The van der Waals surface area contributed by atoms with E-state index in [4.69, 9.17) is 5.73 Å². The summed E-state index contributed by atoms with van der Waals surface area (Å²) in [5.74, 6) is 0. The summed E-state index contributed by atoms with van der Waals surface area (Å²) in [6.45, 7) is 5.90. The molecule has 0 fully saturated rings. The Kier molecular flexibility index (Phi) is 3.12. The molecule has 0 aliphatic heterocycles. The van der Waals surface area contributed by atoms with E-state index < -0.39 is 0 Å². The van der Waals surface area contributed by atoms with Crippen molar-refractivity contribution in [1.82, 2.24) is 9.88 Å². The molecule has 0 aliphatic rings. The lowest BCUT2D eigenvalue weighted by atomic mass is 10.1. The first-order chi connectivity index (χ1) is 5.97. The average molecular weight is 181 g/mol. The Morgan fingerprint density at radius 3 is 2.69 bits per heavy atom. The Morgan fingerprint density at radius 1 is 1.54 bits per heavy atom. The molecule has 1 rings (SSSR count). The molecule has 1 aromatic rings. The van der Waals surface area contributed by atoms with Crippen molar-refractivity contribution >= 4 is 0 Å². The molecule has 3 N–H and O–H groups in total. The van der Waals surface area contributed by atoms with E-state index >= 15 is 0 Å². The van der Waals surface area contributed by atoms with Crippen LogP contribution in [-0.4, -0.2) is 29.0 Å². The van der Waals surface area contributed by atoms with Gasteiger partial charge in [-0.15, -0.1) is 0 Å². The summed E-state index contributed by atoms with van der Waals surface area (Å²) in [4.78, 5) is 5.39. The van der Waals surface area contributed by atoms with Crippen LogP contribution in [0.5, 0.6) is 0 Å². The quantitative estimate of drug-likeness (QED) is 0.732. The van der Waals surface area contributed by atoms with Crippen LogP contribution in [0, 0.1) is 0 Å². The summed E-state index contributed by atoms with van der Waals surface area (Å²) in [5, 5.41) is 0. The third kappa shape index (κ3) is 4.10. The van der Waals surface area contributed by atoms with E-state index in [2.05, 4.69) is 23.0 Å². The number of H-pyrrole nitrogens is 1. The van der Waals surface area contributed by atoms with Crippen molar-refractivity contribution in [3.8, 4) is 0 Å². The van der Waals surface area contributed by atoms with Crippen molar-refractivity contribution in [2.45, 2.75) is 25.9 Å². The van der Waals surface area contributed by atoms with E-state index in [0.717, 1.165) is 13.1 Å². The third-order valence-electron chi connectivity index (χ3n) is 1.78. The topological polar surface area (TPSA) is 45.0 Å². The molecule has 3 nitrogen and oxygen atoms in total. The van der Waals surface area contributed by atoms with Gasteiger partial charge in [-0.05, 0) is 33.0 Å². The van der Waals surface area contributed by atoms with Crippen LogP contribution < -0.4 is 5.73 Å². The fourth-order valence-corrected chi connectivity index (χ4v) is 1.51. The maximum atomic E-state index is 5.91. The molecule has 0 aliphatic carbocycles. The van der Waals surface area contributed by atoms with Crippen molar-refractivity contribution in [3.63, 3.8) is 0 Å². The second-order valence-corrected chi connectivity index (χ2v) is 4.36. The Hall–Kier alpha value is -0.800. The number of nitrogens with two attached hydrogens (primary N) is 1. The molecule has 1 aromatic heterocycles. The maximum Gasteiger partial charge on any atom is 0.0382 e. The van der Waals surface area contributed by atoms with E-state index in [1.54, 1.807) is 0 Å². The average Bonchev–Trinajstić information content (AvgIpc) is 2.34. The molecule has 0 radical (unpaired) electrons. The Morgan fingerprint density at radius 2 is 2.23 bits per heavy atom. The molecule has 0 aromatic carbocycles. The minimum Gasteiger partial charge on any atom is -0.364 e. The zero-order valence-corrected chi connectivity index (χ0v) is 8.67. The van der Waals surface area contributed by atoms with Crippen molar-refractivity contribution < 1.29 is 0 Å². The molecule has 1 heterocycles. The Balaban J connectivity index is 2.38. The van der Waals surface area contributed by atoms with E-state index in [1.807, 2.05) is 26.1 Å². The van der Waals surface area contributed by atoms with Crippen LogP contribution in [-0.2, 0) is 6.54 Å². The molecule has 74 valence electrons. The molecule has 0 bridgehead atoms. The zero-order valence-electron chi connectivity index (χ0n) is 8.67. The molecule has 3 heteroatoms. The van der Waals surface area contributed by atoms with E-state index in [9.17, 15) is 0 Å².